The summed E-state index contributed by atoms with van der Waals surface area (Å²) in [6, 6.07) is 12.1. The van der Waals surface area contributed by atoms with Crippen LogP contribution in [0.3, 0.4) is 0 Å². The van der Waals surface area contributed by atoms with E-state index in [1.54, 1.807) is 0 Å². The molecule has 1 heterocycles. The van der Waals surface area contributed by atoms with E-state index in [4.69, 9.17) is 5.73 Å². The molecule has 0 amide bonds. The summed E-state index contributed by atoms with van der Waals surface area (Å²) in [7, 11) is 0. The van der Waals surface area contributed by atoms with E-state index in [9.17, 15) is 5.26 Å². The average molecular weight is 271 g/mol. The van der Waals surface area contributed by atoms with Crippen LogP contribution in [-0.2, 0) is 5.54 Å². The van der Waals surface area contributed by atoms with E-state index >= 15 is 0 Å². The largest absolute Gasteiger partial charge is 0.309 e. The van der Waals surface area contributed by atoms with Crippen LogP contribution >= 0.6 is 0 Å². The van der Waals surface area contributed by atoms with Gasteiger partial charge in [0.2, 0.25) is 0 Å². The van der Waals surface area contributed by atoms with Crippen LogP contribution in [0.1, 0.15) is 38.7 Å². The summed E-state index contributed by atoms with van der Waals surface area (Å²) in [4.78, 5) is 2.36. The highest BCUT2D eigenvalue weighted by Gasteiger charge is 2.38. The fourth-order valence-electron chi connectivity index (χ4n) is 3.27. The molecule has 0 saturated carbocycles. The zero-order valence-electron chi connectivity index (χ0n) is 12.6. The Bertz CT molecular complexity index is 473. The van der Waals surface area contributed by atoms with Gasteiger partial charge in [-0.2, -0.15) is 5.26 Å². The molecule has 0 bridgehead atoms. The molecule has 3 heteroatoms. The van der Waals surface area contributed by atoms with Gasteiger partial charge in [-0.3, -0.25) is 4.90 Å². The van der Waals surface area contributed by atoms with Gasteiger partial charge in [-0.15, -0.1) is 0 Å². The maximum Gasteiger partial charge on any atom is 0.142 e. The second-order valence-corrected chi connectivity index (χ2v) is 6.12. The molecule has 1 aromatic rings. The Labute approximate surface area is 122 Å². The van der Waals surface area contributed by atoms with Crippen molar-refractivity contribution in [3.05, 3.63) is 35.9 Å². The fraction of sp³-hybridized carbons (Fsp3) is 0.588. The Morgan fingerprint density at radius 2 is 1.95 bits per heavy atom. The molecule has 1 saturated heterocycles. The van der Waals surface area contributed by atoms with E-state index in [1.165, 1.54) is 19.3 Å². The normalized spacial score (nSPS) is 21.3. The molecule has 1 fully saturated rings. The van der Waals surface area contributed by atoms with Gasteiger partial charge in [-0.25, -0.2) is 0 Å². The third-order valence-corrected chi connectivity index (χ3v) is 4.98. The van der Waals surface area contributed by atoms with Gasteiger partial charge in [0.25, 0.3) is 0 Å². The van der Waals surface area contributed by atoms with E-state index in [1.807, 2.05) is 30.3 Å². The van der Waals surface area contributed by atoms with Gasteiger partial charge >= 0.3 is 0 Å². The van der Waals surface area contributed by atoms with Crippen molar-refractivity contribution in [3.8, 4) is 6.07 Å². The number of likely N-dealkylation sites (tertiary alicyclic amines) is 1. The summed E-state index contributed by atoms with van der Waals surface area (Å²) < 4.78 is 0. The van der Waals surface area contributed by atoms with E-state index in [0.29, 0.717) is 12.0 Å². The maximum atomic E-state index is 9.54. The highest BCUT2D eigenvalue weighted by Crippen LogP contribution is 2.37. The molecule has 0 aromatic heterocycles. The van der Waals surface area contributed by atoms with Crippen molar-refractivity contribution in [1.29, 1.82) is 5.26 Å². The minimum absolute atomic E-state index is 0.424. The molecule has 2 N–H and O–H groups in total. The summed E-state index contributed by atoms with van der Waals surface area (Å²) in [5.74, 6) is 0. The van der Waals surface area contributed by atoms with Gasteiger partial charge in [0, 0.05) is 13.1 Å². The van der Waals surface area contributed by atoms with E-state index in [0.717, 1.165) is 18.7 Å². The zero-order chi connectivity index (χ0) is 14.6. The number of rotatable bonds is 5. The van der Waals surface area contributed by atoms with Gasteiger partial charge in [0.15, 0.2) is 0 Å². The lowest BCUT2D eigenvalue weighted by atomic mass is 9.82. The monoisotopic (exact) mass is 271 g/mol. The van der Waals surface area contributed by atoms with Crippen LogP contribution in [0, 0.1) is 16.7 Å². The Morgan fingerprint density at radius 3 is 2.45 bits per heavy atom. The summed E-state index contributed by atoms with van der Waals surface area (Å²) in [6.45, 7) is 7.27. The Balaban J connectivity index is 2.11. The van der Waals surface area contributed by atoms with Gasteiger partial charge < -0.3 is 5.73 Å². The molecule has 108 valence electrons. The van der Waals surface area contributed by atoms with Crippen molar-refractivity contribution in [3.63, 3.8) is 0 Å². The van der Waals surface area contributed by atoms with Crippen molar-refractivity contribution in [1.82, 2.24) is 4.90 Å². The summed E-state index contributed by atoms with van der Waals surface area (Å²) in [6.07, 6.45) is 3.63. The van der Waals surface area contributed by atoms with Crippen LogP contribution < -0.4 is 5.73 Å². The molecule has 3 nitrogen and oxygen atoms in total. The van der Waals surface area contributed by atoms with Crippen molar-refractivity contribution < 1.29 is 0 Å². The van der Waals surface area contributed by atoms with Crippen molar-refractivity contribution in [2.75, 3.05) is 19.6 Å². The van der Waals surface area contributed by atoms with Crippen LogP contribution in [0.5, 0.6) is 0 Å². The van der Waals surface area contributed by atoms with E-state index in [-0.39, 0.29) is 0 Å². The second kappa shape index (κ2) is 5.95. The number of nitriles is 1. The average Bonchev–Trinajstić information content (AvgIpc) is 2.91. The smallest absolute Gasteiger partial charge is 0.142 e. The van der Waals surface area contributed by atoms with Crippen molar-refractivity contribution >= 4 is 0 Å². The van der Waals surface area contributed by atoms with Crippen molar-refractivity contribution in [2.24, 2.45) is 11.1 Å². The molecule has 0 aliphatic carbocycles. The Hall–Kier alpha value is -1.37. The highest BCUT2D eigenvalue weighted by molar-refractivity contribution is 5.31. The molecular weight excluding hydrogens is 246 g/mol. The first-order chi connectivity index (χ1) is 9.57. The third-order valence-electron chi connectivity index (χ3n) is 4.98. The van der Waals surface area contributed by atoms with Crippen LogP contribution in [-0.4, -0.2) is 24.5 Å². The lowest BCUT2D eigenvalue weighted by Gasteiger charge is -2.30. The molecular formula is C17H25N3. The quantitative estimate of drug-likeness (QED) is 0.896. The van der Waals surface area contributed by atoms with Crippen LogP contribution in [0.4, 0.5) is 0 Å². The molecule has 0 radical (unpaired) electrons. The highest BCUT2D eigenvalue weighted by atomic mass is 15.2. The van der Waals surface area contributed by atoms with Gasteiger partial charge in [0.05, 0.1) is 6.07 Å². The minimum Gasteiger partial charge on any atom is -0.309 e. The Morgan fingerprint density at radius 1 is 1.30 bits per heavy atom. The van der Waals surface area contributed by atoms with E-state index in [2.05, 4.69) is 24.8 Å². The van der Waals surface area contributed by atoms with Crippen LogP contribution in [0.15, 0.2) is 30.3 Å². The summed E-state index contributed by atoms with van der Waals surface area (Å²) in [5, 5.41) is 9.54. The van der Waals surface area contributed by atoms with Crippen LogP contribution in [0.2, 0.25) is 0 Å². The number of hydrogen-bond acceptors (Lipinski definition) is 3. The molecule has 1 aliphatic heterocycles. The van der Waals surface area contributed by atoms with Crippen LogP contribution in [0.25, 0.3) is 0 Å². The fourth-order valence-corrected chi connectivity index (χ4v) is 3.27. The number of nitrogens with zero attached hydrogens (tertiary/aromatic N) is 2. The first-order valence-electron chi connectivity index (χ1n) is 7.55. The first kappa shape index (κ1) is 15.0. The lowest BCUT2D eigenvalue weighted by molar-refractivity contribution is 0.220. The Kier molecular flexibility index (Phi) is 4.47. The van der Waals surface area contributed by atoms with E-state index < -0.39 is 5.54 Å². The first-order valence-corrected chi connectivity index (χ1v) is 7.55. The number of nitrogens with two attached hydrogens (primary N) is 1. The molecule has 1 atom stereocenters. The van der Waals surface area contributed by atoms with Gasteiger partial charge in [-0.05, 0) is 36.8 Å². The zero-order valence-corrected chi connectivity index (χ0v) is 12.6. The van der Waals surface area contributed by atoms with Gasteiger partial charge in [0.1, 0.15) is 5.54 Å². The standard InChI is InChI=1S/C17H25N3/c1-3-16(4-2)10-11-20(13-16)14-17(19,12-18)15-8-6-5-7-9-15/h5-9H,3-4,10-11,13-14,19H2,1-2H3. The molecule has 0 spiro atoms. The lowest BCUT2D eigenvalue weighted by Crippen LogP contribution is -2.46. The molecule has 1 aromatic carbocycles. The summed E-state index contributed by atoms with van der Waals surface area (Å²) >= 11 is 0. The predicted octanol–water partition coefficient (Wildman–Crippen LogP) is 2.88. The third kappa shape index (κ3) is 2.87. The number of benzene rings is 1. The molecule has 1 unspecified atom stereocenters. The topological polar surface area (TPSA) is 53.0 Å². The SMILES string of the molecule is CCC1(CC)CCN(CC(N)(C#N)c2ccccc2)C1. The maximum absolute atomic E-state index is 9.54. The van der Waals surface area contributed by atoms with Gasteiger partial charge in [-0.1, -0.05) is 44.2 Å². The second-order valence-electron chi connectivity index (χ2n) is 6.12. The summed E-state index contributed by atoms with van der Waals surface area (Å²) in [5.41, 5.74) is 6.80. The molecule has 2 rings (SSSR count). The predicted molar refractivity (Wildman–Crippen MR) is 82.0 cm³/mol. The minimum atomic E-state index is -0.904. The molecule has 20 heavy (non-hydrogen) atoms. The van der Waals surface area contributed by atoms with Crippen molar-refractivity contribution in [2.45, 2.75) is 38.6 Å². The molecule has 1 aliphatic rings. The number of hydrogen-bond donors (Lipinski definition) is 1.